The number of aryl methyl sites for hydroxylation is 1. The highest BCUT2D eigenvalue weighted by molar-refractivity contribution is 6.14. The molecule has 2 aromatic rings. The van der Waals surface area contributed by atoms with Crippen LogP contribution in [0.3, 0.4) is 0 Å². The van der Waals surface area contributed by atoms with Gasteiger partial charge in [-0.2, -0.15) is 0 Å². The molecule has 0 radical (unpaired) electrons. The molecule has 30 heavy (non-hydrogen) atoms. The van der Waals surface area contributed by atoms with Crippen LogP contribution in [0.15, 0.2) is 15.0 Å². The molecule has 8 nitrogen and oxygen atoms in total. The van der Waals surface area contributed by atoms with Crippen LogP contribution < -0.4 is 5.63 Å². The molecule has 1 heterocycles. The van der Waals surface area contributed by atoms with Gasteiger partial charge < -0.3 is 24.5 Å². The van der Waals surface area contributed by atoms with Crippen molar-refractivity contribution in [1.29, 1.82) is 0 Å². The SMILES string of the molecule is CC(=O)OC[C@@H](C)c1c(O)c2c3c4c(c(C)c(=O)oc14)CC[C@@]3(C)C(=O)C(O)=C2O. The Hall–Kier alpha value is -3.29. The summed E-state index contributed by atoms with van der Waals surface area (Å²) >= 11 is 0. The number of rotatable bonds is 3. The Kier molecular flexibility index (Phi) is 4.24. The van der Waals surface area contributed by atoms with Crippen LogP contribution in [0, 0.1) is 6.92 Å². The van der Waals surface area contributed by atoms with Gasteiger partial charge in [0.15, 0.2) is 5.76 Å². The van der Waals surface area contributed by atoms with Crippen molar-refractivity contribution in [2.24, 2.45) is 0 Å². The van der Waals surface area contributed by atoms with E-state index >= 15 is 0 Å². The maximum absolute atomic E-state index is 12.9. The lowest BCUT2D eigenvalue weighted by Crippen LogP contribution is -2.41. The van der Waals surface area contributed by atoms with Crippen LogP contribution in [-0.2, 0) is 26.2 Å². The van der Waals surface area contributed by atoms with Crippen LogP contribution in [-0.4, -0.2) is 33.7 Å². The quantitative estimate of drug-likeness (QED) is 0.515. The number of esters is 1. The number of Topliss-reactive ketones (excluding diaryl/α,β-unsaturated/α-hetero) is 1. The van der Waals surface area contributed by atoms with Crippen LogP contribution >= 0.6 is 0 Å². The number of aromatic hydroxyl groups is 1. The van der Waals surface area contributed by atoms with E-state index in [-0.39, 0.29) is 23.3 Å². The summed E-state index contributed by atoms with van der Waals surface area (Å²) in [5.74, 6) is -3.71. The van der Waals surface area contributed by atoms with Crippen molar-refractivity contribution in [3.8, 4) is 5.75 Å². The third-order valence-corrected chi connectivity index (χ3v) is 6.35. The molecule has 2 aliphatic carbocycles. The molecule has 0 aliphatic heterocycles. The van der Waals surface area contributed by atoms with Crippen LogP contribution in [0.4, 0.5) is 0 Å². The zero-order valence-electron chi connectivity index (χ0n) is 17.1. The first-order valence-corrected chi connectivity index (χ1v) is 9.67. The Morgan fingerprint density at radius 1 is 1.23 bits per heavy atom. The number of ketones is 1. The maximum Gasteiger partial charge on any atom is 0.339 e. The maximum atomic E-state index is 12.9. The fourth-order valence-electron chi connectivity index (χ4n) is 4.70. The largest absolute Gasteiger partial charge is 0.507 e. The Morgan fingerprint density at radius 2 is 1.90 bits per heavy atom. The van der Waals surface area contributed by atoms with Gasteiger partial charge in [0.1, 0.15) is 11.3 Å². The minimum atomic E-state index is -1.20. The molecule has 3 N–H and O–H groups in total. The number of hydrogen-bond donors (Lipinski definition) is 3. The van der Waals surface area contributed by atoms with Crippen molar-refractivity contribution in [3.05, 3.63) is 44.0 Å². The zero-order valence-corrected chi connectivity index (χ0v) is 17.1. The first kappa shape index (κ1) is 20.0. The van der Waals surface area contributed by atoms with E-state index in [2.05, 4.69) is 0 Å². The predicted molar refractivity (Wildman–Crippen MR) is 107 cm³/mol. The van der Waals surface area contributed by atoms with Gasteiger partial charge >= 0.3 is 11.6 Å². The number of phenolic OH excluding ortho intramolecular Hbond substituents is 1. The van der Waals surface area contributed by atoms with Gasteiger partial charge in [-0.1, -0.05) is 6.92 Å². The van der Waals surface area contributed by atoms with E-state index in [0.717, 1.165) is 0 Å². The smallest absolute Gasteiger partial charge is 0.339 e. The molecular weight excluding hydrogens is 392 g/mol. The topological polar surface area (TPSA) is 134 Å². The number of allylic oxidation sites excluding steroid dienone is 1. The lowest BCUT2D eigenvalue weighted by molar-refractivity contribution is -0.141. The average molecular weight is 414 g/mol. The molecule has 2 atom stereocenters. The summed E-state index contributed by atoms with van der Waals surface area (Å²) in [4.78, 5) is 36.7. The van der Waals surface area contributed by atoms with Gasteiger partial charge in [-0.15, -0.1) is 0 Å². The van der Waals surface area contributed by atoms with Crippen molar-refractivity contribution < 1.29 is 34.1 Å². The second kappa shape index (κ2) is 6.35. The first-order chi connectivity index (χ1) is 14.0. The van der Waals surface area contributed by atoms with E-state index in [1.807, 2.05) is 0 Å². The van der Waals surface area contributed by atoms with Gasteiger partial charge in [-0.25, -0.2) is 4.79 Å². The fraction of sp³-hybridized carbons (Fsp3) is 0.409. The standard InChI is InChI=1S/C22H22O8/c1-8(7-29-10(3)23)12-16(24)14-15-13-11(9(2)21(28)30-19(12)13)5-6-22(15,4)20(27)18(26)17(14)25/h8,24-26H,5-7H2,1-4H3/t8-,22-/m1/s1. The average Bonchev–Trinajstić information content (AvgIpc) is 2.69. The summed E-state index contributed by atoms with van der Waals surface area (Å²) in [5.41, 5.74) is -0.136. The molecule has 8 heteroatoms. The molecule has 0 amide bonds. The Bertz CT molecular complexity index is 1230. The lowest BCUT2D eigenvalue weighted by Gasteiger charge is -2.39. The van der Waals surface area contributed by atoms with Gasteiger partial charge in [0.25, 0.3) is 0 Å². The van der Waals surface area contributed by atoms with Crippen molar-refractivity contribution in [1.82, 2.24) is 0 Å². The van der Waals surface area contributed by atoms with Crippen molar-refractivity contribution in [3.63, 3.8) is 0 Å². The number of carbonyl (C=O) groups excluding carboxylic acids is 2. The molecule has 1 aromatic heterocycles. The van der Waals surface area contributed by atoms with E-state index in [1.165, 1.54) is 6.92 Å². The lowest BCUT2D eigenvalue weighted by atomic mass is 9.63. The van der Waals surface area contributed by atoms with Crippen LogP contribution in [0.25, 0.3) is 16.7 Å². The summed E-state index contributed by atoms with van der Waals surface area (Å²) in [5, 5.41) is 32.5. The van der Waals surface area contributed by atoms with Gasteiger partial charge in [0.2, 0.25) is 11.5 Å². The molecule has 2 aliphatic rings. The summed E-state index contributed by atoms with van der Waals surface area (Å²) in [6.07, 6.45) is 0.684. The van der Waals surface area contributed by atoms with E-state index < -0.39 is 46.0 Å². The number of benzene rings is 1. The minimum Gasteiger partial charge on any atom is -0.507 e. The molecule has 0 spiro atoms. The number of aliphatic hydroxyl groups is 2. The third kappa shape index (κ3) is 2.42. The Morgan fingerprint density at radius 3 is 2.53 bits per heavy atom. The van der Waals surface area contributed by atoms with Crippen LogP contribution in [0.5, 0.6) is 5.75 Å². The second-order valence-electron chi connectivity index (χ2n) is 8.27. The normalized spacial score (nSPS) is 21.1. The van der Waals surface area contributed by atoms with E-state index in [0.29, 0.717) is 34.9 Å². The highest BCUT2D eigenvalue weighted by Gasteiger charge is 2.50. The number of ether oxygens (including phenoxy) is 1. The number of aliphatic hydroxyl groups excluding tert-OH is 2. The third-order valence-electron chi connectivity index (χ3n) is 6.35. The van der Waals surface area contributed by atoms with Crippen molar-refractivity contribution in [2.45, 2.75) is 51.9 Å². The fourth-order valence-corrected chi connectivity index (χ4v) is 4.70. The molecule has 4 rings (SSSR count). The highest BCUT2D eigenvalue weighted by Crippen LogP contribution is 2.54. The summed E-state index contributed by atoms with van der Waals surface area (Å²) < 4.78 is 10.6. The zero-order chi connectivity index (χ0) is 22.1. The Labute approximate surface area is 171 Å². The molecule has 0 saturated carbocycles. The summed E-state index contributed by atoms with van der Waals surface area (Å²) in [6, 6.07) is 0. The van der Waals surface area contributed by atoms with Gasteiger partial charge in [0.05, 0.1) is 17.6 Å². The molecule has 0 bridgehead atoms. The molecular formula is C22H22O8. The molecule has 1 aromatic carbocycles. The molecule has 0 unspecified atom stereocenters. The molecule has 0 saturated heterocycles. The second-order valence-corrected chi connectivity index (χ2v) is 8.27. The number of carbonyl (C=O) groups is 2. The highest BCUT2D eigenvalue weighted by atomic mass is 16.5. The monoisotopic (exact) mass is 414 g/mol. The van der Waals surface area contributed by atoms with Gasteiger partial charge in [-0.05, 0) is 37.8 Å². The molecule has 0 fully saturated rings. The Balaban J connectivity index is 2.20. The van der Waals surface area contributed by atoms with Crippen LogP contribution in [0.1, 0.15) is 60.9 Å². The van der Waals surface area contributed by atoms with Crippen molar-refractivity contribution in [2.75, 3.05) is 6.61 Å². The van der Waals surface area contributed by atoms with Crippen LogP contribution in [0.2, 0.25) is 0 Å². The predicted octanol–water partition coefficient (Wildman–Crippen LogP) is 3.04. The van der Waals surface area contributed by atoms with Gasteiger partial charge in [0, 0.05) is 29.4 Å². The minimum absolute atomic E-state index is 0.0547. The molecule has 158 valence electrons. The number of phenols is 1. The first-order valence-electron chi connectivity index (χ1n) is 9.67. The number of hydrogen-bond acceptors (Lipinski definition) is 8. The van der Waals surface area contributed by atoms with Crippen molar-refractivity contribution >= 4 is 28.5 Å². The summed E-state index contributed by atoms with van der Waals surface area (Å²) in [7, 11) is 0. The van der Waals surface area contributed by atoms with E-state index in [4.69, 9.17) is 9.15 Å². The summed E-state index contributed by atoms with van der Waals surface area (Å²) in [6.45, 7) is 6.09. The van der Waals surface area contributed by atoms with E-state index in [1.54, 1.807) is 20.8 Å². The van der Waals surface area contributed by atoms with E-state index in [9.17, 15) is 29.7 Å². The van der Waals surface area contributed by atoms with Gasteiger partial charge in [-0.3, -0.25) is 9.59 Å².